The zero-order valence-electron chi connectivity index (χ0n) is 18.3. The van der Waals surface area contributed by atoms with Gasteiger partial charge in [-0.15, -0.1) is 12.4 Å². The maximum Gasteiger partial charge on any atom is 0.433 e. The number of nitrogens with zero attached hydrogens (tertiary/aromatic N) is 4. The number of alkyl halides is 5. The number of carbonyl (C=O) groups is 2. The van der Waals surface area contributed by atoms with Gasteiger partial charge in [-0.25, -0.2) is 18.7 Å². The fraction of sp³-hybridized carbons (Fsp3) is 0.524. The van der Waals surface area contributed by atoms with Gasteiger partial charge in [-0.3, -0.25) is 9.59 Å². The van der Waals surface area contributed by atoms with Crippen LogP contribution in [0, 0.1) is 0 Å². The number of likely N-dealkylation sites (tertiary alicyclic amines) is 1. The lowest BCUT2D eigenvalue weighted by atomic mass is 9.99. The van der Waals surface area contributed by atoms with Crippen molar-refractivity contribution in [2.45, 2.75) is 56.6 Å². The van der Waals surface area contributed by atoms with Crippen LogP contribution in [-0.4, -0.2) is 68.0 Å². The van der Waals surface area contributed by atoms with E-state index in [2.05, 4.69) is 9.97 Å². The summed E-state index contributed by atoms with van der Waals surface area (Å²) in [4.78, 5) is 34.5. The first kappa shape index (κ1) is 27.0. The highest BCUT2D eigenvalue weighted by Gasteiger charge is 2.48. The highest BCUT2D eigenvalue weighted by atomic mass is 35.5. The van der Waals surface area contributed by atoms with Crippen molar-refractivity contribution in [3.8, 4) is 0 Å². The van der Waals surface area contributed by atoms with E-state index in [4.69, 9.17) is 5.73 Å². The van der Waals surface area contributed by atoms with E-state index in [1.165, 1.54) is 4.90 Å². The quantitative estimate of drug-likeness (QED) is 0.571. The molecule has 0 radical (unpaired) electrons. The second-order valence-corrected chi connectivity index (χ2v) is 8.51. The number of halogens is 6. The highest BCUT2D eigenvalue weighted by Crippen LogP contribution is 2.36. The van der Waals surface area contributed by atoms with E-state index in [9.17, 15) is 36.6 Å². The number of rotatable bonds is 5. The molecule has 0 saturated carbocycles. The number of amides is 2. The summed E-state index contributed by atoms with van der Waals surface area (Å²) in [6, 6.07) is -1.06. The predicted octanol–water partition coefficient (Wildman–Crippen LogP) is 2.05. The number of aliphatic hydroxyl groups is 1. The molecule has 3 N–H and O–H groups in total. The molecule has 1 unspecified atom stereocenters. The minimum Gasteiger partial charge on any atom is -0.368 e. The predicted molar refractivity (Wildman–Crippen MR) is 115 cm³/mol. The lowest BCUT2D eigenvalue weighted by Crippen LogP contribution is -2.58. The Balaban J connectivity index is 0.00000342. The van der Waals surface area contributed by atoms with Gasteiger partial charge in [-0.2, -0.15) is 13.2 Å². The van der Waals surface area contributed by atoms with Gasteiger partial charge in [0.2, 0.25) is 11.8 Å². The van der Waals surface area contributed by atoms with Crippen LogP contribution in [0.2, 0.25) is 0 Å². The third-order valence-corrected chi connectivity index (χ3v) is 6.03. The maximum atomic E-state index is 13.7. The average Bonchev–Trinajstić information content (AvgIpc) is 2.71. The molecule has 1 fully saturated rings. The van der Waals surface area contributed by atoms with Crippen LogP contribution in [0.1, 0.15) is 42.0 Å². The van der Waals surface area contributed by atoms with Crippen molar-refractivity contribution < 1.29 is 36.6 Å². The molecule has 35 heavy (non-hydrogen) atoms. The van der Waals surface area contributed by atoms with Gasteiger partial charge < -0.3 is 20.6 Å². The highest BCUT2D eigenvalue weighted by molar-refractivity contribution is 5.85. The number of aliphatic hydroxyl groups excluding tert-OH is 1. The minimum absolute atomic E-state index is 0. The number of allylic oxidation sites excluding steroid dienone is 4. The zero-order valence-corrected chi connectivity index (χ0v) is 19.1. The molecular formula is C21H23ClF5N5O3. The average molecular weight is 524 g/mol. The topological polar surface area (TPSA) is 113 Å². The van der Waals surface area contributed by atoms with Gasteiger partial charge in [-0.1, -0.05) is 18.2 Å². The number of carbonyl (C=O) groups excluding carboxylic acids is 2. The van der Waals surface area contributed by atoms with Crippen LogP contribution < -0.4 is 5.73 Å². The fourth-order valence-electron chi connectivity index (χ4n) is 4.13. The SMILES string of the molecule is Cl.N[C@H](CC(=O)N1CCc2c(nc(C3=CC=C3)nc2C(F)(F)F)C1)CN1C(=O)CCC(F)(F)C1O. The standard InChI is InChI=1S/C21H22F5N5O3.ClH/c22-20(23)6-4-15(32)31(19(20)34)9-12(27)8-16(33)30-7-5-13-14(10-30)28-18(11-2-1-3-11)29-17(13)21(24,25)26;/h1-3,12,19,34H,4-10,27H2;1H/t12-,19?;/m1./s1. The van der Waals surface area contributed by atoms with Crippen LogP contribution in [0.4, 0.5) is 22.0 Å². The molecule has 3 heterocycles. The lowest BCUT2D eigenvalue weighted by Gasteiger charge is -2.38. The molecule has 2 atom stereocenters. The summed E-state index contributed by atoms with van der Waals surface area (Å²) in [6.07, 6.45) is -3.92. The lowest BCUT2D eigenvalue weighted by molar-refractivity contribution is -0.205. The molecule has 1 saturated heterocycles. The third kappa shape index (κ3) is 5.46. The number of piperidine rings is 1. The van der Waals surface area contributed by atoms with Gasteiger partial charge in [0.1, 0.15) is 0 Å². The molecule has 1 aliphatic carbocycles. The normalized spacial score (nSPS) is 22.1. The molecule has 1 aromatic heterocycles. The van der Waals surface area contributed by atoms with E-state index in [-0.39, 0.29) is 55.4 Å². The summed E-state index contributed by atoms with van der Waals surface area (Å²) >= 11 is 0. The minimum atomic E-state index is -4.69. The first-order valence-corrected chi connectivity index (χ1v) is 10.6. The van der Waals surface area contributed by atoms with Crippen LogP contribution in [0.5, 0.6) is 0 Å². The Morgan fingerprint density at radius 1 is 1.29 bits per heavy atom. The Morgan fingerprint density at radius 3 is 2.57 bits per heavy atom. The van der Waals surface area contributed by atoms with Gasteiger partial charge >= 0.3 is 6.18 Å². The van der Waals surface area contributed by atoms with Crippen molar-refractivity contribution in [2.75, 3.05) is 13.1 Å². The van der Waals surface area contributed by atoms with E-state index in [1.54, 1.807) is 18.2 Å². The van der Waals surface area contributed by atoms with Crippen molar-refractivity contribution >= 4 is 29.8 Å². The Hall–Kier alpha value is -2.64. The molecule has 192 valence electrons. The van der Waals surface area contributed by atoms with Gasteiger partial charge in [0, 0.05) is 49.5 Å². The summed E-state index contributed by atoms with van der Waals surface area (Å²) < 4.78 is 68.2. The smallest absolute Gasteiger partial charge is 0.368 e. The Labute approximate surface area is 203 Å². The second kappa shape index (κ2) is 9.78. The number of fused-ring (bicyclic) bond motifs is 1. The van der Waals surface area contributed by atoms with Crippen molar-refractivity contribution in [1.82, 2.24) is 19.8 Å². The van der Waals surface area contributed by atoms with E-state index >= 15 is 0 Å². The fourth-order valence-corrected chi connectivity index (χ4v) is 4.13. The summed E-state index contributed by atoms with van der Waals surface area (Å²) in [5.74, 6) is -4.79. The van der Waals surface area contributed by atoms with Crippen molar-refractivity contribution in [1.29, 1.82) is 0 Å². The number of nitrogens with two attached hydrogens (primary N) is 1. The van der Waals surface area contributed by atoms with Crippen molar-refractivity contribution in [3.63, 3.8) is 0 Å². The van der Waals surface area contributed by atoms with Crippen molar-refractivity contribution in [3.05, 3.63) is 41.0 Å². The Bertz CT molecular complexity index is 1080. The molecule has 0 aromatic carbocycles. The van der Waals surface area contributed by atoms with Gasteiger partial charge in [0.25, 0.3) is 5.92 Å². The molecular weight excluding hydrogens is 501 g/mol. The molecule has 1 aromatic rings. The molecule has 2 amide bonds. The third-order valence-electron chi connectivity index (χ3n) is 6.03. The second-order valence-electron chi connectivity index (χ2n) is 8.51. The molecule has 8 nitrogen and oxygen atoms in total. The molecule has 14 heteroatoms. The number of aromatic nitrogens is 2. The maximum absolute atomic E-state index is 13.7. The van der Waals surface area contributed by atoms with Crippen LogP contribution in [0.25, 0.3) is 5.57 Å². The number of hydrogen-bond donors (Lipinski definition) is 2. The van der Waals surface area contributed by atoms with Crippen LogP contribution in [0.15, 0.2) is 18.2 Å². The molecule has 4 rings (SSSR count). The van der Waals surface area contributed by atoms with Crippen LogP contribution in [-0.2, 0) is 28.7 Å². The van der Waals surface area contributed by atoms with E-state index in [0.29, 0.717) is 10.5 Å². The summed E-state index contributed by atoms with van der Waals surface area (Å²) in [5, 5.41) is 9.78. The number of hydrogen-bond acceptors (Lipinski definition) is 6. The van der Waals surface area contributed by atoms with Crippen LogP contribution in [0.3, 0.4) is 0 Å². The molecule has 3 aliphatic rings. The summed E-state index contributed by atoms with van der Waals surface area (Å²) in [5.41, 5.74) is 5.32. The first-order chi connectivity index (χ1) is 15.9. The van der Waals surface area contributed by atoms with Gasteiger partial charge in [0.05, 0.1) is 12.2 Å². The zero-order chi connectivity index (χ0) is 24.8. The van der Waals surface area contributed by atoms with Gasteiger partial charge in [0.15, 0.2) is 17.7 Å². The summed E-state index contributed by atoms with van der Waals surface area (Å²) in [6.45, 7) is -0.688. The molecule has 2 aliphatic heterocycles. The Morgan fingerprint density at radius 2 is 1.97 bits per heavy atom. The van der Waals surface area contributed by atoms with E-state index in [1.807, 2.05) is 0 Å². The first-order valence-electron chi connectivity index (χ1n) is 10.6. The van der Waals surface area contributed by atoms with Crippen molar-refractivity contribution in [2.24, 2.45) is 5.73 Å². The van der Waals surface area contributed by atoms with E-state index in [0.717, 1.165) is 0 Å². The van der Waals surface area contributed by atoms with E-state index < -0.39 is 61.3 Å². The Kier molecular flexibility index (Phi) is 7.53. The molecule has 0 spiro atoms. The largest absolute Gasteiger partial charge is 0.433 e. The molecule has 0 bridgehead atoms. The van der Waals surface area contributed by atoms with Gasteiger partial charge in [-0.05, 0) is 6.42 Å². The van der Waals surface area contributed by atoms with Crippen LogP contribution >= 0.6 is 12.4 Å². The monoisotopic (exact) mass is 523 g/mol. The summed E-state index contributed by atoms with van der Waals surface area (Å²) in [7, 11) is 0.